The third kappa shape index (κ3) is 4.82. The number of aliphatic hydroxyl groups excluding tert-OH is 1. The van der Waals surface area contributed by atoms with Gasteiger partial charge >= 0.3 is 0 Å². The van der Waals surface area contributed by atoms with E-state index in [9.17, 15) is 5.11 Å². The van der Waals surface area contributed by atoms with Crippen molar-refractivity contribution in [1.82, 2.24) is 4.90 Å². The standard InChI is InChI=1S/C22H26N2OS.ClH/c25-16-10-19-17-20-21(7-4-8-22(20)26-19)24-14-12-23(13-15-24)11-9-18-5-2-1-3-6-18;/h1-8,17,25H,9-16H2;1H. The molecule has 0 amide bonds. The minimum atomic E-state index is 0. The molecule has 1 fully saturated rings. The van der Waals surface area contributed by atoms with Gasteiger partial charge in [0.05, 0.1) is 0 Å². The third-order valence-corrected chi connectivity index (χ3v) is 6.38. The summed E-state index contributed by atoms with van der Waals surface area (Å²) in [5.41, 5.74) is 2.78. The molecule has 1 aliphatic rings. The van der Waals surface area contributed by atoms with Crippen LogP contribution in [0.4, 0.5) is 5.69 Å². The van der Waals surface area contributed by atoms with Crippen LogP contribution in [0.15, 0.2) is 54.6 Å². The largest absolute Gasteiger partial charge is 0.396 e. The van der Waals surface area contributed by atoms with Crippen LogP contribution >= 0.6 is 23.7 Å². The van der Waals surface area contributed by atoms with Crippen LogP contribution in [0.1, 0.15) is 10.4 Å². The van der Waals surface area contributed by atoms with E-state index in [1.54, 1.807) is 0 Å². The first kappa shape index (κ1) is 20.2. The van der Waals surface area contributed by atoms with Crippen molar-refractivity contribution in [1.29, 1.82) is 0 Å². The summed E-state index contributed by atoms with van der Waals surface area (Å²) in [6.07, 6.45) is 1.89. The Labute approximate surface area is 171 Å². The molecule has 0 unspecified atom stereocenters. The van der Waals surface area contributed by atoms with Gasteiger partial charge in [0, 0.05) is 66.4 Å². The number of rotatable bonds is 6. The average Bonchev–Trinajstić information content (AvgIpc) is 3.10. The number of hydrogen-bond acceptors (Lipinski definition) is 4. The lowest BCUT2D eigenvalue weighted by molar-refractivity contribution is 0.261. The fourth-order valence-corrected chi connectivity index (χ4v) is 4.82. The van der Waals surface area contributed by atoms with Crippen molar-refractivity contribution in [2.75, 3.05) is 44.2 Å². The maximum atomic E-state index is 9.22. The molecule has 0 aliphatic carbocycles. The van der Waals surface area contributed by atoms with Gasteiger partial charge in [-0.15, -0.1) is 23.7 Å². The number of anilines is 1. The van der Waals surface area contributed by atoms with E-state index in [1.165, 1.54) is 26.2 Å². The average molecular weight is 403 g/mol. The minimum absolute atomic E-state index is 0. The molecule has 1 aliphatic heterocycles. The Morgan fingerprint density at radius 3 is 2.41 bits per heavy atom. The van der Waals surface area contributed by atoms with Gasteiger partial charge < -0.3 is 10.0 Å². The maximum absolute atomic E-state index is 9.22. The van der Waals surface area contributed by atoms with Crippen LogP contribution in [-0.4, -0.2) is 49.3 Å². The van der Waals surface area contributed by atoms with Crippen molar-refractivity contribution in [3.63, 3.8) is 0 Å². The quantitative estimate of drug-likeness (QED) is 0.668. The van der Waals surface area contributed by atoms with Crippen molar-refractivity contribution in [2.45, 2.75) is 12.8 Å². The summed E-state index contributed by atoms with van der Waals surface area (Å²) in [7, 11) is 0. The molecule has 2 heterocycles. The molecule has 5 heteroatoms. The van der Waals surface area contributed by atoms with Crippen LogP contribution < -0.4 is 4.90 Å². The lowest BCUT2D eigenvalue weighted by Crippen LogP contribution is -2.47. The van der Waals surface area contributed by atoms with Crippen molar-refractivity contribution in [3.8, 4) is 0 Å². The zero-order valence-electron chi connectivity index (χ0n) is 15.5. The Kier molecular flexibility index (Phi) is 7.13. The van der Waals surface area contributed by atoms with Crippen LogP contribution in [0, 0.1) is 0 Å². The van der Waals surface area contributed by atoms with E-state index in [2.05, 4.69) is 64.4 Å². The van der Waals surface area contributed by atoms with E-state index >= 15 is 0 Å². The number of aliphatic hydroxyl groups is 1. The molecule has 0 saturated carbocycles. The first-order chi connectivity index (χ1) is 12.8. The van der Waals surface area contributed by atoms with E-state index in [1.807, 2.05) is 11.3 Å². The van der Waals surface area contributed by atoms with Gasteiger partial charge in [-0.2, -0.15) is 0 Å². The van der Waals surface area contributed by atoms with Gasteiger partial charge in [0.25, 0.3) is 0 Å². The van der Waals surface area contributed by atoms with Crippen LogP contribution in [0.3, 0.4) is 0 Å². The molecule has 0 bridgehead atoms. The van der Waals surface area contributed by atoms with Gasteiger partial charge in [0.15, 0.2) is 0 Å². The molecular formula is C22H27ClN2OS. The molecule has 1 aromatic heterocycles. The van der Waals surface area contributed by atoms with Gasteiger partial charge in [-0.1, -0.05) is 36.4 Å². The Balaban J connectivity index is 0.00000210. The number of hydrogen-bond donors (Lipinski definition) is 1. The number of benzene rings is 2. The highest BCUT2D eigenvalue weighted by molar-refractivity contribution is 7.19. The lowest BCUT2D eigenvalue weighted by atomic mass is 10.1. The zero-order chi connectivity index (χ0) is 17.8. The van der Waals surface area contributed by atoms with Gasteiger partial charge in [0.1, 0.15) is 0 Å². The van der Waals surface area contributed by atoms with Crippen molar-refractivity contribution in [2.24, 2.45) is 0 Å². The topological polar surface area (TPSA) is 26.7 Å². The zero-order valence-corrected chi connectivity index (χ0v) is 17.1. The highest BCUT2D eigenvalue weighted by Gasteiger charge is 2.19. The van der Waals surface area contributed by atoms with E-state index in [4.69, 9.17) is 0 Å². The molecule has 1 saturated heterocycles. The monoisotopic (exact) mass is 402 g/mol. The third-order valence-electron chi connectivity index (χ3n) is 5.22. The van der Waals surface area contributed by atoms with Crippen LogP contribution in [0.5, 0.6) is 0 Å². The van der Waals surface area contributed by atoms with Gasteiger partial charge in [-0.05, 0) is 30.2 Å². The van der Waals surface area contributed by atoms with Crippen LogP contribution in [0.2, 0.25) is 0 Å². The van der Waals surface area contributed by atoms with Crippen molar-refractivity contribution >= 4 is 39.5 Å². The number of halogens is 1. The Bertz CT molecular complexity index is 844. The second kappa shape index (κ2) is 9.56. The normalized spacial score (nSPS) is 15.1. The molecule has 0 spiro atoms. The minimum Gasteiger partial charge on any atom is -0.396 e. The first-order valence-corrected chi connectivity index (χ1v) is 10.3. The molecule has 1 N–H and O–H groups in total. The molecule has 0 atom stereocenters. The van der Waals surface area contributed by atoms with Crippen molar-refractivity contribution in [3.05, 3.63) is 65.0 Å². The van der Waals surface area contributed by atoms with E-state index in [0.29, 0.717) is 0 Å². The summed E-state index contributed by atoms with van der Waals surface area (Å²) in [6.45, 7) is 5.77. The van der Waals surface area contributed by atoms with Gasteiger partial charge in [-0.3, -0.25) is 4.90 Å². The Morgan fingerprint density at radius 1 is 0.889 bits per heavy atom. The van der Waals surface area contributed by atoms with Gasteiger partial charge in [0.2, 0.25) is 0 Å². The Hall–Kier alpha value is -1.59. The highest BCUT2D eigenvalue weighted by atomic mass is 35.5. The van der Waals surface area contributed by atoms with E-state index in [-0.39, 0.29) is 19.0 Å². The second-order valence-corrected chi connectivity index (χ2v) is 8.11. The summed E-state index contributed by atoms with van der Waals surface area (Å²) in [4.78, 5) is 6.38. The second-order valence-electron chi connectivity index (χ2n) is 6.94. The summed E-state index contributed by atoms with van der Waals surface area (Å²) in [5.74, 6) is 0. The summed E-state index contributed by atoms with van der Waals surface area (Å²) in [5, 5.41) is 10.6. The van der Waals surface area contributed by atoms with Crippen LogP contribution in [0.25, 0.3) is 10.1 Å². The first-order valence-electron chi connectivity index (χ1n) is 9.47. The molecule has 3 aromatic rings. The summed E-state index contributed by atoms with van der Waals surface area (Å²) < 4.78 is 1.33. The lowest BCUT2D eigenvalue weighted by Gasteiger charge is -2.36. The smallest absolute Gasteiger partial charge is 0.0479 e. The number of piperazine rings is 1. The molecule has 2 aromatic carbocycles. The molecular weight excluding hydrogens is 376 g/mol. The van der Waals surface area contributed by atoms with Crippen molar-refractivity contribution < 1.29 is 5.11 Å². The summed E-state index contributed by atoms with van der Waals surface area (Å²) >= 11 is 1.81. The fraction of sp³-hybridized carbons (Fsp3) is 0.364. The molecule has 0 radical (unpaired) electrons. The van der Waals surface area contributed by atoms with E-state index in [0.717, 1.165) is 45.6 Å². The van der Waals surface area contributed by atoms with Gasteiger partial charge in [-0.25, -0.2) is 0 Å². The SMILES string of the molecule is Cl.OCCc1cc2c(N3CCN(CCc4ccccc4)CC3)cccc2s1. The number of thiophene rings is 1. The molecule has 4 rings (SSSR count). The van der Waals surface area contributed by atoms with Crippen LogP contribution in [-0.2, 0) is 12.8 Å². The summed E-state index contributed by atoms with van der Waals surface area (Å²) in [6, 6.07) is 19.7. The fourth-order valence-electron chi connectivity index (χ4n) is 3.75. The molecule has 144 valence electrons. The maximum Gasteiger partial charge on any atom is 0.0479 e. The number of nitrogens with zero attached hydrogens (tertiary/aromatic N) is 2. The predicted octanol–water partition coefficient (Wildman–Crippen LogP) is 4.22. The Morgan fingerprint density at radius 2 is 1.67 bits per heavy atom. The van der Waals surface area contributed by atoms with E-state index < -0.39 is 0 Å². The highest BCUT2D eigenvalue weighted by Crippen LogP contribution is 2.34. The predicted molar refractivity (Wildman–Crippen MR) is 119 cm³/mol. The number of fused-ring (bicyclic) bond motifs is 1. The molecule has 3 nitrogen and oxygen atoms in total. The molecule has 27 heavy (non-hydrogen) atoms.